The Kier molecular flexibility index (Phi) is 3.46. The predicted molar refractivity (Wildman–Crippen MR) is 71.9 cm³/mol. The Bertz CT molecular complexity index is 502. The van der Waals surface area contributed by atoms with Crippen molar-refractivity contribution in [2.24, 2.45) is 0 Å². The van der Waals surface area contributed by atoms with Crippen LogP contribution in [-0.2, 0) is 4.74 Å². The zero-order chi connectivity index (χ0) is 12.2. The molecule has 4 heteroatoms. The Morgan fingerprint density at radius 1 is 1.33 bits per heavy atom. The maximum absolute atomic E-state index is 5.83. The van der Waals surface area contributed by atoms with Crippen molar-refractivity contribution in [2.45, 2.75) is 31.8 Å². The summed E-state index contributed by atoms with van der Waals surface area (Å²) < 4.78 is 7.88. The molecular formula is C14H19N3O. The molecule has 0 aromatic carbocycles. The minimum atomic E-state index is 0.496. The second-order valence-electron chi connectivity index (χ2n) is 4.77. The first-order valence-electron chi connectivity index (χ1n) is 6.71. The zero-order valence-corrected chi connectivity index (χ0v) is 10.5. The van der Waals surface area contributed by atoms with Gasteiger partial charge in [-0.3, -0.25) is 4.40 Å². The van der Waals surface area contributed by atoms with Gasteiger partial charge in [-0.15, -0.1) is 0 Å². The molecule has 0 saturated heterocycles. The molecule has 4 nitrogen and oxygen atoms in total. The van der Waals surface area contributed by atoms with Crippen LogP contribution < -0.4 is 5.32 Å². The second-order valence-corrected chi connectivity index (χ2v) is 4.77. The van der Waals surface area contributed by atoms with E-state index in [4.69, 9.17) is 4.74 Å². The van der Waals surface area contributed by atoms with Crippen molar-refractivity contribution < 1.29 is 4.74 Å². The van der Waals surface area contributed by atoms with E-state index in [1.807, 2.05) is 24.5 Å². The molecule has 18 heavy (non-hydrogen) atoms. The van der Waals surface area contributed by atoms with Gasteiger partial charge < -0.3 is 10.1 Å². The summed E-state index contributed by atoms with van der Waals surface area (Å²) in [6.07, 6.45) is 9.40. The van der Waals surface area contributed by atoms with E-state index in [2.05, 4.69) is 20.8 Å². The van der Waals surface area contributed by atoms with Gasteiger partial charge in [0.05, 0.1) is 12.7 Å². The van der Waals surface area contributed by atoms with Crippen LogP contribution in [0.1, 0.15) is 25.7 Å². The molecule has 1 aliphatic carbocycles. The largest absolute Gasteiger partial charge is 0.376 e. The summed E-state index contributed by atoms with van der Waals surface area (Å²) in [4.78, 5) is 4.26. The number of nitrogens with zero attached hydrogens (tertiary/aromatic N) is 2. The summed E-state index contributed by atoms with van der Waals surface area (Å²) in [6.45, 7) is 1.61. The van der Waals surface area contributed by atoms with Crippen molar-refractivity contribution in [3.63, 3.8) is 0 Å². The monoisotopic (exact) mass is 245 g/mol. The topological polar surface area (TPSA) is 38.6 Å². The zero-order valence-electron chi connectivity index (χ0n) is 10.5. The van der Waals surface area contributed by atoms with Gasteiger partial charge in [-0.1, -0.05) is 18.9 Å². The van der Waals surface area contributed by atoms with Crippen LogP contribution in [0.4, 0.5) is 5.82 Å². The summed E-state index contributed by atoms with van der Waals surface area (Å²) in [5, 5.41) is 3.40. The number of aromatic nitrogens is 2. The van der Waals surface area contributed by atoms with Gasteiger partial charge >= 0.3 is 0 Å². The van der Waals surface area contributed by atoms with Gasteiger partial charge in [-0.2, -0.15) is 0 Å². The Balaban J connectivity index is 1.51. The Morgan fingerprint density at radius 2 is 2.22 bits per heavy atom. The number of anilines is 1. The molecule has 0 amide bonds. The smallest absolute Gasteiger partial charge is 0.138 e. The quantitative estimate of drug-likeness (QED) is 0.823. The maximum atomic E-state index is 5.83. The van der Waals surface area contributed by atoms with Gasteiger partial charge in [-0.05, 0) is 25.0 Å². The van der Waals surface area contributed by atoms with Crippen molar-refractivity contribution >= 4 is 11.5 Å². The lowest BCUT2D eigenvalue weighted by molar-refractivity contribution is 0.0658. The lowest BCUT2D eigenvalue weighted by Gasteiger charge is -2.12. The van der Waals surface area contributed by atoms with Gasteiger partial charge in [0.1, 0.15) is 11.5 Å². The first kappa shape index (κ1) is 11.5. The molecule has 96 valence electrons. The second kappa shape index (κ2) is 5.40. The van der Waals surface area contributed by atoms with E-state index in [1.54, 1.807) is 0 Å². The van der Waals surface area contributed by atoms with Gasteiger partial charge in [0, 0.05) is 18.9 Å². The highest BCUT2D eigenvalue weighted by molar-refractivity contribution is 5.49. The number of nitrogens with one attached hydrogen (secondary N) is 1. The molecule has 0 atom stereocenters. The summed E-state index contributed by atoms with van der Waals surface area (Å²) in [6, 6.07) is 6.08. The standard InChI is InChI=1S/C14H19N3O/c1-2-5-12(4-1)18-11-9-16-14-7-3-6-13-15-8-10-17(13)14/h3,6-8,10,12,16H,1-2,4-5,9,11H2. The molecule has 0 unspecified atom stereocenters. The fourth-order valence-electron chi connectivity index (χ4n) is 2.55. The normalized spacial score (nSPS) is 16.4. The van der Waals surface area contributed by atoms with Crippen LogP contribution in [0.2, 0.25) is 0 Å². The molecular weight excluding hydrogens is 226 g/mol. The fourth-order valence-corrected chi connectivity index (χ4v) is 2.55. The van der Waals surface area contributed by atoms with E-state index in [0.29, 0.717) is 6.10 Å². The molecule has 1 saturated carbocycles. The number of imidazole rings is 1. The van der Waals surface area contributed by atoms with E-state index in [9.17, 15) is 0 Å². The average Bonchev–Trinajstić information content (AvgIpc) is 3.05. The summed E-state index contributed by atoms with van der Waals surface area (Å²) in [5.74, 6) is 1.07. The van der Waals surface area contributed by atoms with Crippen LogP contribution in [0.5, 0.6) is 0 Å². The van der Waals surface area contributed by atoms with Crippen LogP contribution in [0, 0.1) is 0 Å². The van der Waals surface area contributed by atoms with Crippen molar-refractivity contribution in [2.75, 3.05) is 18.5 Å². The molecule has 1 aliphatic rings. The predicted octanol–water partition coefficient (Wildman–Crippen LogP) is 2.71. The van der Waals surface area contributed by atoms with E-state index in [-0.39, 0.29) is 0 Å². The highest BCUT2D eigenvalue weighted by atomic mass is 16.5. The van der Waals surface area contributed by atoms with Crippen LogP contribution >= 0.6 is 0 Å². The van der Waals surface area contributed by atoms with Crippen molar-refractivity contribution in [1.82, 2.24) is 9.38 Å². The van der Waals surface area contributed by atoms with Crippen molar-refractivity contribution in [3.8, 4) is 0 Å². The third kappa shape index (κ3) is 2.48. The highest BCUT2D eigenvalue weighted by Gasteiger charge is 2.14. The van der Waals surface area contributed by atoms with Crippen LogP contribution in [0.3, 0.4) is 0 Å². The molecule has 2 aromatic heterocycles. The Hall–Kier alpha value is -1.55. The number of hydrogen-bond acceptors (Lipinski definition) is 3. The lowest BCUT2D eigenvalue weighted by atomic mass is 10.3. The van der Waals surface area contributed by atoms with Gasteiger partial charge in [0.15, 0.2) is 0 Å². The Labute approximate surface area is 107 Å². The number of rotatable bonds is 5. The fraction of sp³-hybridized carbons (Fsp3) is 0.500. The SMILES string of the molecule is c1cc(NCCOC2CCCC2)n2ccnc2c1. The third-order valence-electron chi connectivity index (χ3n) is 3.49. The molecule has 3 rings (SSSR count). The molecule has 0 spiro atoms. The summed E-state index contributed by atoms with van der Waals surface area (Å²) >= 11 is 0. The first-order valence-corrected chi connectivity index (χ1v) is 6.71. The van der Waals surface area contributed by atoms with E-state index in [1.165, 1.54) is 25.7 Å². The van der Waals surface area contributed by atoms with Gasteiger partial charge in [0.25, 0.3) is 0 Å². The number of fused-ring (bicyclic) bond motifs is 1. The third-order valence-corrected chi connectivity index (χ3v) is 3.49. The number of hydrogen-bond donors (Lipinski definition) is 1. The maximum Gasteiger partial charge on any atom is 0.138 e. The van der Waals surface area contributed by atoms with Crippen molar-refractivity contribution in [1.29, 1.82) is 0 Å². The molecule has 0 aliphatic heterocycles. The molecule has 0 radical (unpaired) electrons. The van der Waals surface area contributed by atoms with E-state index >= 15 is 0 Å². The number of pyridine rings is 1. The minimum Gasteiger partial charge on any atom is -0.376 e. The van der Waals surface area contributed by atoms with E-state index in [0.717, 1.165) is 24.6 Å². The van der Waals surface area contributed by atoms with Gasteiger partial charge in [0.2, 0.25) is 0 Å². The molecule has 0 bridgehead atoms. The van der Waals surface area contributed by atoms with Crippen LogP contribution in [0.15, 0.2) is 30.6 Å². The molecule has 2 aromatic rings. The van der Waals surface area contributed by atoms with E-state index < -0.39 is 0 Å². The number of ether oxygens (including phenoxy) is 1. The average molecular weight is 245 g/mol. The Morgan fingerprint density at radius 3 is 3.11 bits per heavy atom. The summed E-state index contributed by atoms with van der Waals surface area (Å²) in [5.41, 5.74) is 0.969. The first-order chi connectivity index (χ1) is 8.93. The van der Waals surface area contributed by atoms with Gasteiger partial charge in [-0.25, -0.2) is 4.98 Å². The van der Waals surface area contributed by atoms with Crippen LogP contribution in [0.25, 0.3) is 5.65 Å². The minimum absolute atomic E-state index is 0.496. The molecule has 2 heterocycles. The highest BCUT2D eigenvalue weighted by Crippen LogP contribution is 2.20. The summed E-state index contributed by atoms with van der Waals surface area (Å²) in [7, 11) is 0. The lowest BCUT2D eigenvalue weighted by Crippen LogP contribution is -2.16. The molecule has 1 fully saturated rings. The van der Waals surface area contributed by atoms with Crippen molar-refractivity contribution in [3.05, 3.63) is 30.6 Å². The molecule has 1 N–H and O–H groups in total. The van der Waals surface area contributed by atoms with Crippen LogP contribution in [-0.4, -0.2) is 28.6 Å².